The fourth-order valence-corrected chi connectivity index (χ4v) is 2.60. The predicted octanol–water partition coefficient (Wildman–Crippen LogP) is 1.94. The number of benzene rings is 1. The number of likely N-dealkylation sites (N-methyl/N-ethyl adjacent to an activating group) is 1. The van der Waals surface area contributed by atoms with Crippen LogP contribution in [-0.4, -0.2) is 56.4 Å². The molecule has 2 amide bonds. The highest BCUT2D eigenvalue weighted by molar-refractivity contribution is 5.74. The number of ether oxygens (including phenoxy) is 1. The van der Waals surface area contributed by atoms with Gasteiger partial charge in [-0.3, -0.25) is 0 Å². The summed E-state index contributed by atoms with van der Waals surface area (Å²) >= 11 is 0. The fraction of sp³-hybridized carbons (Fsp3) is 0.562. The SMILES string of the molecule is CC1CN(C(=O)NCCN(C)c2ccccc2)CC(C)O1. The topological polar surface area (TPSA) is 44.8 Å². The Morgan fingerprint density at radius 2 is 1.90 bits per heavy atom. The summed E-state index contributed by atoms with van der Waals surface area (Å²) in [4.78, 5) is 16.1. The average Bonchev–Trinajstić information content (AvgIpc) is 2.47. The zero-order chi connectivity index (χ0) is 15.2. The summed E-state index contributed by atoms with van der Waals surface area (Å²) < 4.78 is 5.64. The van der Waals surface area contributed by atoms with Crippen LogP contribution < -0.4 is 10.2 Å². The number of carbonyl (C=O) groups is 1. The molecule has 0 spiro atoms. The summed E-state index contributed by atoms with van der Waals surface area (Å²) in [5, 5.41) is 2.98. The number of urea groups is 1. The van der Waals surface area contributed by atoms with E-state index in [1.807, 2.05) is 44.0 Å². The number of hydrogen-bond acceptors (Lipinski definition) is 3. The van der Waals surface area contributed by atoms with Gasteiger partial charge in [0.15, 0.2) is 0 Å². The molecule has 2 rings (SSSR count). The van der Waals surface area contributed by atoms with E-state index in [2.05, 4.69) is 22.3 Å². The molecule has 0 bridgehead atoms. The maximum atomic E-state index is 12.1. The second-order valence-corrected chi connectivity index (χ2v) is 5.65. The summed E-state index contributed by atoms with van der Waals surface area (Å²) in [7, 11) is 2.03. The van der Waals surface area contributed by atoms with E-state index in [0.29, 0.717) is 19.6 Å². The Morgan fingerprint density at radius 1 is 1.29 bits per heavy atom. The van der Waals surface area contributed by atoms with Gasteiger partial charge in [-0.1, -0.05) is 18.2 Å². The van der Waals surface area contributed by atoms with Crippen molar-refractivity contribution < 1.29 is 9.53 Å². The predicted molar refractivity (Wildman–Crippen MR) is 84.7 cm³/mol. The Bertz CT molecular complexity index is 442. The van der Waals surface area contributed by atoms with E-state index >= 15 is 0 Å². The van der Waals surface area contributed by atoms with Gasteiger partial charge in [0.2, 0.25) is 0 Å². The van der Waals surface area contributed by atoms with Crippen molar-refractivity contribution in [1.29, 1.82) is 0 Å². The molecule has 116 valence electrons. The first kappa shape index (κ1) is 15.6. The summed E-state index contributed by atoms with van der Waals surface area (Å²) in [6, 6.07) is 10.2. The third kappa shape index (κ3) is 4.63. The van der Waals surface area contributed by atoms with Gasteiger partial charge >= 0.3 is 6.03 Å². The van der Waals surface area contributed by atoms with E-state index in [1.54, 1.807) is 0 Å². The highest BCUT2D eigenvalue weighted by Crippen LogP contribution is 2.11. The molecule has 0 saturated carbocycles. The minimum atomic E-state index is -0.00142. The normalized spacial score (nSPS) is 22.0. The van der Waals surface area contributed by atoms with Crippen LogP contribution in [0.2, 0.25) is 0 Å². The van der Waals surface area contributed by atoms with Gasteiger partial charge in [0.05, 0.1) is 12.2 Å². The Morgan fingerprint density at radius 3 is 2.52 bits per heavy atom. The summed E-state index contributed by atoms with van der Waals surface area (Å²) in [6.45, 7) is 6.73. The molecule has 1 aliphatic heterocycles. The van der Waals surface area contributed by atoms with Crippen LogP contribution in [0.25, 0.3) is 0 Å². The van der Waals surface area contributed by atoms with Gasteiger partial charge < -0.3 is 19.9 Å². The molecule has 0 aliphatic carbocycles. The summed E-state index contributed by atoms with van der Waals surface area (Å²) in [5.74, 6) is 0. The molecule has 1 aromatic rings. The van der Waals surface area contributed by atoms with Gasteiger partial charge in [-0.25, -0.2) is 4.79 Å². The van der Waals surface area contributed by atoms with Crippen LogP contribution in [0, 0.1) is 0 Å². The first-order chi connectivity index (χ1) is 10.1. The zero-order valence-electron chi connectivity index (χ0n) is 13.1. The maximum absolute atomic E-state index is 12.1. The molecule has 1 heterocycles. The number of rotatable bonds is 4. The average molecular weight is 291 g/mol. The molecule has 5 heteroatoms. The quantitative estimate of drug-likeness (QED) is 0.922. The molecular weight excluding hydrogens is 266 g/mol. The number of hydrogen-bond donors (Lipinski definition) is 1. The Kier molecular flexibility index (Phi) is 5.44. The third-order valence-corrected chi connectivity index (χ3v) is 3.63. The van der Waals surface area contributed by atoms with Crippen molar-refractivity contribution in [3.63, 3.8) is 0 Å². The molecule has 2 atom stereocenters. The lowest BCUT2D eigenvalue weighted by Gasteiger charge is -2.35. The lowest BCUT2D eigenvalue weighted by atomic mass is 10.2. The van der Waals surface area contributed by atoms with E-state index < -0.39 is 0 Å². The van der Waals surface area contributed by atoms with Gasteiger partial charge in [-0.2, -0.15) is 0 Å². The minimum absolute atomic E-state index is 0.00142. The van der Waals surface area contributed by atoms with Crippen LogP contribution in [-0.2, 0) is 4.74 Å². The van der Waals surface area contributed by atoms with E-state index in [-0.39, 0.29) is 18.2 Å². The molecule has 1 aliphatic rings. The van der Waals surface area contributed by atoms with Crippen molar-refractivity contribution >= 4 is 11.7 Å². The zero-order valence-corrected chi connectivity index (χ0v) is 13.1. The van der Waals surface area contributed by atoms with Crippen LogP contribution in [0.1, 0.15) is 13.8 Å². The number of amides is 2. The van der Waals surface area contributed by atoms with Gasteiger partial charge in [0, 0.05) is 38.9 Å². The standard InChI is InChI=1S/C16H25N3O2/c1-13-11-19(12-14(2)21-13)16(20)17-9-10-18(3)15-7-5-4-6-8-15/h4-8,13-14H,9-12H2,1-3H3,(H,17,20). The first-order valence-corrected chi connectivity index (χ1v) is 7.50. The number of anilines is 1. The van der Waals surface area contributed by atoms with E-state index in [0.717, 1.165) is 12.2 Å². The lowest BCUT2D eigenvalue weighted by Crippen LogP contribution is -2.52. The molecule has 1 N–H and O–H groups in total. The van der Waals surface area contributed by atoms with Crippen LogP contribution in [0.3, 0.4) is 0 Å². The van der Waals surface area contributed by atoms with E-state index in [9.17, 15) is 4.79 Å². The van der Waals surface area contributed by atoms with Crippen molar-refractivity contribution in [2.45, 2.75) is 26.1 Å². The smallest absolute Gasteiger partial charge is 0.317 e. The van der Waals surface area contributed by atoms with Crippen LogP contribution in [0.4, 0.5) is 10.5 Å². The monoisotopic (exact) mass is 291 g/mol. The maximum Gasteiger partial charge on any atom is 0.317 e. The van der Waals surface area contributed by atoms with E-state index in [1.165, 1.54) is 0 Å². The second-order valence-electron chi connectivity index (χ2n) is 5.65. The molecular formula is C16H25N3O2. The largest absolute Gasteiger partial charge is 0.373 e. The van der Waals surface area contributed by atoms with Gasteiger partial charge in [-0.05, 0) is 26.0 Å². The molecule has 0 radical (unpaired) electrons. The van der Waals surface area contributed by atoms with Gasteiger partial charge in [0.25, 0.3) is 0 Å². The number of para-hydroxylation sites is 1. The number of nitrogens with one attached hydrogen (secondary N) is 1. The number of carbonyl (C=O) groups excluding carboxylic acids is 1. The summed E-state index contributed by atoms with van der Waals surface area (Å²) in [6.07, 6.45) is 0.206. The van der Waals surface area contributed by atoms with Crippen molar-refractivity contribution in [1.82, 2.24) is 10.2 Å². The molecule has 1 saturated heterocycles. The molecule has 1 aromatic carbocycles. The first-order valence-electron chi connectivity index (χ1n) is 7.50. The highest BCUT2D eigenvalue weighted by atomic mass is 16.5. The molecule has 5 nitrogen and oxygen atoms in total. The molecule has 21 heavy (non-hydrogen) atoms. The van der Waals surface area contributed by atoms with Crippen LogP contribution in [0.5, 0.6) is 0 Å². The Balaban J connectivity index is 1.74. The number of morpholine rings is 1. The Hall–Kier alpha value is -1.75. The lowest BCUT2D eigenvalue weighted by molar-refractivity contribution is -0.0544. The second kappa shape index (κ2) is 7.31. The number of nitrogens with zero attached hydrogens (tertiary/aromatic N) is 2. The fourth-order valence-electron chi connectivity index (χ4n) is 2.60. The highest BCUT2D eigenvalue weighted by Gasteiger charge is 2.25. The van der Waals surface area contributed by atoms with Crippen molar-refractivity contribution in [3.8, 4) is 0 Å². The molecule has 2 unspecified atom stereocenters. The van der Waals surface area contributed by atoms with Gasteiger partial charge in [0.1, 0.15) is 0 Å². The van der Waals surface area contributed by atoms with Crippen LogP contribution in [0.15, 0.2) is 30.3 Å². The molecule has 0 aromatic heterocycles. The van der Waals surface area contributed by atoms with Crippen molar-refractivity contribution in [2.24, 2.45) is 0 Å². The van der Waals surface area contributed by atoms with Crippen LogP contribution >= 0.6 is 0 Å². The minimum Gasteiger partial charge on any atom is -0.373 e. The van der Waals surface area contributed by atoms with Gasteiger partial charge in [-0.15, -0.1) is 0 Å². The third-order valence-electron chi connectivity index (χ3n) is 3.63. The van der Waals surface area contributed by atoms with Crippen molar-refractivity contribution in [3.05, 3.63) is 30.3 Å². The molecule has 1 fully saturated rings. The Labute approximate surface area is 126 Å². The van der Waals surface area contributed by atoms with Crippen molar-refractivity contribution in [2.75, 3.05) is 38.1 Å². The van der Waals surface area contributed by atoms with E-state index in [4.69, 9.17) is 4.74 Å². The summed E-state index contributed by atoms with van der Waals surface area (Å²) in [5.41, 5.74) is 1.15.